The van der Waals surface area contributed by atoms with Crippen molar-refractivity contribution in [2.45, 2.75) is 32.7 Å². The summed E-state index contributed by atoms with van der Waals surface area (Å²) in [5.74, 6) is 0.461. The van der Waals surface area contributed by atoms with Crippen LogP contribution in [0.15, 0.2) is 4.52 Å². The Morgan fingerprint density at radius 3 is 2.59 bits per heavy atom. The van der Waals surface area contributed by atoms with E-state index in [1.54, 1.807) is 0 Å². The van der Waals surface area contributed by atoms with Crippen molar-refractivity contribution in [3.05, 3.63) is 11.3 Å². The van der Waals surface area contributed by atoms with Crippen molar-refractivity contribution in [2.24, 2.45) is 0 Å². The summed E-state index contributed by atoms with van der Waals surface area (Å²) in [5, 5.41) is 7.45. The molecule has 1 aromatic rings. The van der Waals surface area contributed by atoms with Crippen molar-refractivity contribution >= 4 is 5.88 Å². The molecule has 5 heteroatoms. The third-order valence-corrected chi connectivity index (χ3v) is 3.12. The van der Waals surface area contributed by atoms with E-state index >= 15 is 0 Å². The molecule has 0 unspecified atom stereocenters. The average molecular weight is 238 g/mol. The van der Waals surface area contributed by atoms with E-state index in [2.05, 4.69) is 36.1 Å². The topological polar surface area (TPSA) is 67.3 Å². The number of piperazine rings is 1. The summed E-state index contributed by atoms with van der Waals surface area (Å²) < 4.78 is 5.15. The van der Waals surface area contributed by atoms with E-state index in [-0.39, 0.29) is 5.41 Å². The third-order valence-electron chi connectivity index (χ3n) is 3.12. The zero-order valence-corrected chi connectivity index (χ0v) is 10.9. The molecule has 3 N–H and O–H groups in total. The van der Waals surface area contributed by atoms with E-state index in [0.717, 1.165) is 44.0 Å². The summed E-state index contributed by atoms with van der Waals surface area (Å²) >= 11 is 0. The predicted octanol–water partition coefficient (Wildman–Crippen LogP) is 0.959. The van der Waals surface area contributed by atoms with Gasteiger partial charge in [0, 0.05) is 38.3 Å². The zero-order chi connectivity index (χ0) is 12.5. The molecule has 0 atom stereocenters. The molecule has 0 aromatic carbocycles. The number of hydrogen-bond donors (Lipinski definition) is 2. The lowest BCUT2D eigenvalue weighted by Gasteiger charge is -2.27. The molecule has 2 heterocycles. The van der Waals surface area contributed by atoms with Crippen LogP contribution in [0.4, 0.5) is 5.88 Å². The summed E-state index contributed by atoms with van der Waals surface area (Å²) in [6, 6.07) is 0. The average Bonchev–Trinajstić information content (AvgIpc) is 2.60. The first-order valence-electron chi connectivity index (χ1n) is 6.16. The highest BCUT2D eigenvalue weighted by Crippen LogP contribution is 2.31. The van der Waals surface area contributed by atoms with Crippen LogP contribution in [0.25, 0.3) is 0 Å². The Morgan fingerprint density at radius 1 is 1.35 bits per heavy atom. The molecule has 0 bridgehead atoms. The first-order chi connectivity index (χ1) is 7.98. The normalized spacial score (nSPS) is 18.5. The number of rotatable bonds is 2. The largest absolute Gasteiger partial charge is 0.367 e. The summed E-state index contributed by atoms with van der Waals surface area (Å²) in [6.07, 6.45) is 0. The number of nitrogens with two attached hydrogens (primary N) is 1. The van der Waals surface area contributed by atoms with Gasteiger partial charge >= 0.3 is 0 Å². The molecule has 0 radical (unpaired) electrons. The van der Waals surface area contributed by atoms with E-state index in [9.17, 15) is 0 Å². The van der Waals surface area contributed by atoms with E-state index in [1.807, 2.05) is 0 Å². The van der Waals surface area contributed by atoms with E-state index in [1.165, 1.54) is 0 Å². The van der Waals surface area contributed by atoms with Crippen LogP contribution in [0.5, 0.6) is 0 Å². The van der Waals surface area contributed by atoms with Gasteiger partial charge in [-0.1, -0.05) is 25.9 Å². The number of nitrogen functional groups attached to an aromatic ring is 1. The lowest BCUT2D eigenvalue weighted by molar-refractivity contribution is 0.226. The maximum atomic E-state index is 5.87. The molecule has 1 fully saturated rings. The van der Waals surface area contributed by atoms with E-state index in [0.29, 0.717) is 5.88 Å². The number of nitrogens with one attached hydrogen (secondary N) is 1. The minimum Gasteiger partial charge on any atom is -0.367 e. The minimum atomic E-state index is -0.0204. The Morgan fingerprint density at radius 2 is 2.00 bits per heavy atom. The van der Waals surface area contributed by atoms with Gasteiger partial charge in [0.15, 0.2) is 0 Å². The summed E-state index contributed by atoms with van der Waals surface area (Å²) in [4.78, 5) is 2.38. The quantitative estimate of drug-likeness (QED) is 0.803. The fourth-order valence-electron chi connectivity index (χ4n) is 2.33. The molecule has 17 heavy (non-hydrogen) atoms. The molecule has 1 aromatic heterocycles. The molecule has 0 amide bonds. The van der Waals surface area contributed by atoms with Crippen molar-refractivity contribution in [3.63, 3.8) is 0 Å². The first-order valence-corrected chi connectivity index (χ1v) is 6.16. The molecule has 0 saturated carbocycles. The lowest BCUT2D eigenvalue weighted by Crippen LogP contribution is -2.43. The highest BCUT2D eigenvalue weighted by atomic mass is 16.5. The number of hydrogen-bond acceptors (Lipinski definition) is 5. The number of anilines is 1. The smallest absolute Gasteiger partial charge is 0.226 e. The summed E-state index contributed by atoms with van der Waals surface area (Å²) in [7, 11) is 0. The molecule has 1 aliphatic heterocycles. The molecule has 1 aliphatic rings. The van der Waals surface area contributed by atoms with Gasteiger partial charge in [0.2, 0.25) is 5.88 Å². The molecule has 1 saturated heterocycles. The fraction of sp³-hybridized carbons (Fsp3) is 0.750. The van der Waals surface area contributed by atoms with Crippen LogP contribution in [0.2, 0.25) is 0 Å². The van der Waals surface area contributed by atoms with Gasteiger partial charge in [-0.05, 0) is 5.41 Å². The van der Waals surface area contributed by atoms with Gasteiger partial charge in [-0.2, -0.15) is 0 Å². The molecular weight excluding hydrogens is 216 g/mol. The van der Waals surface area contributed by atoms with Crippen LogP contribution in [-0.2, 0) is 12.0 Å². The van der Waals surface area contributed by atoms with Gasteiger partial charge in [-0.25, -0.2) is 0 Å². The number of aromatic nitrogens is 1. The SMILES string of the molecule is CC(C)(C)c1c(CN2CCNCC2)noc1N. The van der Waals surface area contributed by atoms with Crippen molar-refractivity contribution in [2.75, 3.05) is 31.9 Å². The molecule has 0 spiro atoms. The maximum absolute atomic E-state index is 5.87. The molecule has 5 nitrogen and oxygen atoms in total. The Hall–Kier alpha value is -1.07. The third kappa shape index (κ3) is 2.79. The van der Waals surface area contributed by atoms with Crippen LogP contribution >= 0.6 is 0 Å². The predicted molar refractivity (Wildman–Crippen MR) is 67.8 cm³/mol. The number of nitrogens with zero attached hydrogens (tertiary/aromatic N) is 2. The standard InChI is InChI=1S/C12H22N4O/c1-12(2,3)10-9(15-17-11(10)13)8-16-6-4-14-5-7-16/h14H,4-8,13H2,1-3H3. The van der Waals surface area contributed by atoms with Crippen molar-refractivity contribution in [3.8, 4) is 0 Å². The fourth-order valence-corrected chi connectivity index (χ4v) is 2.33. The summed E-state index contributed by atoms with van der Waals surface area (Å²) in [5.41, 5.74) is 7.89. The van der Waals surface area contributed by atoms with Crippen molar-refractivity contribution in [1.82, 2.24) is 15.4 Å². The second kappa shape index (κ2) is 4.66. The van der Waals surface area contributed by atoms with Gasteiger partial charge in [0.25, 0.3) is 0 Å². The van der Waals surface area contributed by atoms with Gasteiger partial charge in [-0.3, -0.25) is 4.90 Å². The van der Waals surface area contributed by atoms with Crippen LogP contribution in [0.1, 0.15) is 32.0 Å². The molecule has 96 valence electrons. The molecule has 2 rings (SSSR count). The lowest BCUT2D eigenvalue weighted by atomic mass is 9.86. The van der Waals surface area contributed by atoms with Gasteiger partial charge in [0.1, 0.15) is 5.69 Å². The van der Waals surface area contributed by atoms with Crippen LogP contribution in [0, 0.1) is 0 Å². The minimum absolute atomic E-state index is 0.0204. The highest BCUT2D eigenvalue weighted by Gasteiger charge is 2.27. The first kappa shape index (κ1) is 12.4. The van der Waals surface area contributed by atoms with Crippen LogP contribution in [0.3, 0.4) is 0 Å². The monoisotopic (exact) mass is 238 g/mol. The maximum Gasteiger partial charge on any atom is 0.226 e. The highest BCUT2D eigenvalue weighted by molar-refractivity contribution is 5.44. The van der Waals surface area contributed by atoms with Crippen molar-refractivity contribution in [1.29, 1.82) is 0 Å². The Kier molecular flexibility index (Phi) is 3.40. The van der Waals surface area contributed by atoms with Crippen molar-refractivity contribution < 1.29 is 4.52 Å². The van der Waals surface area contributed by atoms with Crippen LogP contribution in [-0.4, -0.2) is 36.2 Å². The van der Waals surface area contributed by atoms with Gasteiger partial charge in [0.05, 0.1) is 0 Å². The molecular formula is C12H22N4O. The van der Waals surface area contributed by atoms with Gasteiger partial charge in [-0.15, -0.1) is 0 Å². The summed E-state index contributed by atoms with van der Waals surface area (Å²) in [6.45, 7) is 11.4. The van der Waals surface area contributed by atoms with Gasteiger partial charge < -0.3 is 15.6 Å². The van der Waals surface area contributed by atoms with E-state index in [4.69, 9.17) is 10.3 Å². The Labute approximate surface area is 102 Å². The Bertz CT molecular complexity index is 374. The van der Waals surface area contributed by atoms with E-state index < -0.39 is 0 Å². The second-order valence-corrected chi connectivity index (χ2v) is 5.64. The van der Waals surface area contributed by atoms with Crippen LogP contribution < -0.4 is 11.1 Å². The zero-order valence-electron chi connectivity index (χ0n) is 10.9. The Balaban J connectivity index is 2.15. The molecule has 0 aliphatic carbocycles. The second-order valence-electron chi connectivity index (χ2n) is 5.64.